The zero-order valence-electron chi connectivity index (χ0n) is 18.6. The summed E-state index contributed by atoms with van der Waals surface area (Å²) in [7, 11) is 0. The first-order chi connectivity index (χ1) is 12.2. The largest absolute Gasteiger partial charge is 1.00 e. The van der Waals surface area contributed by atoms with Gasteiger partial charge in [0.25, 0.3) is 0 Å². The molecule has 0 nitrogen and oxygen atoms in total. The summed E-state index contributed by atoms with van der Waals surface area (Å²) in [4.78, 5) is 0. The van der Waals surface area contributed by atoms with Crippen LogP contribution < -0.4 is 0 Å². The van der Waals surface area contributed by atoms with E-state index in [-0.39, 0.29) is 1.43 Å². The second-order valence-electron chi connectivity index (χ2n) is 8.09. The van der Waals surface area contributed by atoms with Gasteiger partial charge in [-0.25, -0.2) is 0 Å². The van der Waals surface area contributed by atoms with Crippen molar-refractivity contribution in [2.75, 3.05) is 0 Å². The number of unbranched alkanes of at least 4 members (excludes halogenated alkanes) is 14. The van der Waals surface area contributed by atoms with Crippen molar-refractivity contribution in [1.29, 1.82) is 0 Å². The van der Waals surface area contributed by atoms with Gasteiger partial charge in [0.15, 0.2) is 0 Å². The molecular weight excluding hydrogens is 476 g/mol. The molecule has 0 heterocycles. The Morgan fingerprint density at radius 1 is 0.519 bits per heavy atom. The molecule has 0 fully saturated rings. The molecule has 0 aromatic heterocycles. The summed E-state index contributed by atoms with van der Waals surface area (Å²) >= 11 is -11.2. The first-order valence-corrected chi connectivity index (χ1v) is 16.6. The average Bonchev–Trinajstić information content (AvgIpc) is 2.48. The van der Waals surface area contributed by atoms with Gasteiger partial charge in [0, 0.05) is 0 Å². The minimum absolute atomic E-state index is 0. The Balaban J connectivity index is -0.000000665. The molecule has 0 unspecified atom stereocenters. The van der Waals surface area contributed by atoms with Crippen molar-refractivity contribution in [3.63, 3.8) is 0 Å². The van der Waals surface area contributed by atoms with Crippen molar-refractivity contribution in [2.45, 2.75) is 124 Å². The zero-order valence-corrected chi connectivity index (χ0v) is 20.2. The van der Waals surface area contributed by atoms with Gasteiger partial charge in [-0.15, -0.1) is 0 Å². The summed E-state index contributed by atoms with van der Waals surface area (Å²) in [5.41, 5.74) is 0. The summed E-state index contributed by atoms with van der Waals surface area (Å²) in [5.74, 6) is 0.900. The first kappa shape index (κ1) is 29.6. The molecule has 0 amide bonds. The van der Waals surface area contributed by atoms with E-state index < -0.39 is 19.5 Å². The van der Waals surface area contributed by atoms with Gasteiger partial charge >= 0.3 is 37.8 Å². The van der Waals surface area contributed by atoms with E-state index >= 15 is 0 Å². The number of hydrogen-bond acceptors (Lipinski definition) is 0. The van der Waals surface area contributed by atoms with E-state index in [9.17, 15) is 16.9 Å². The smallest absolute Gasteiger partial charge is 1.00 e. The van der Waals surface area contributed by atoms with E-state index in [2.05, 4.69) is 20.8 Å². The van der Waals surface area contributed by atoms with Crippen molar-refractivity contribution < 1.29 is 18.3 Å². The molecule has 0 radical (unpaired) electrons. The molecule has 0 spiro atoms. The molecule has 0 aromatic rings. The average molecular weight is 519 g/mol. The van der Waals surface area contributed by atoms with Crippen molar-refractivity contribution in [1.82, 2.24) is 0 Å². The molecule has 170 valence electrons. The van der Waals surface area contributed by atoms with Crippen LogP contribution in [-0.4, -0.2) is 19.5 Å². The number of halogens is 6. The molecule has 0 bridgehead atoms. The molecule has 0 N–H and O–H groups in total. The van der Waals surface area contributed by atoms with Crippen LogP contribution in [0.15, 0.2) is 0 Å². The molecule has 0 saturated carbocycles. The van der Waals surface area contributed by atoms with Gasteiger partial charge < -0.3 is 0 Å². The normalized spacial score (nSPS) is 14.4. The summed E-state index contributed by atoms with van der Waals surface area (Å²) < 4.78 is 59.6. The van der Waals surface area contributed by atoms with Crippen LogP contribution in [0.25, 0.3) is 0 Å². The molecule has 27 heavy (non-hydrogen) atoms. The second-order valence-corrected chi connectivity index (χ2v) is 13.6. The summed E-state index contributed by atoms with van der Waals surface area (Å²) in [6.45, 7) is 6.97. The Bertz CT molecular complexity index is 318. The van der Waals surface area contributed by atoms with Gasteiger partial charge in [0.2, 0.25) is 0 Å². The van der Waals surface area contributed by atoms with E-state index in [1.165, 1.54) is 103 Å². The van der Waals surface area contributed by atoms with Crippen LogP contribution >= 0.6 is 0 Å². The summed E-state index contributed by atoms with van der Waals surface area (Å²) in [6.07, 6.45) is 23.5. The van der Waals surface area contributed by atoms with Gasteiger partial charge in [-0.2, -0.15) is 0 Å². The Hall–Kier alpha value is 0.398. The van der Waals surface area contributed by atoms with E-state index in [0.717, 1.165) is 5.92 Å². The van der Waals surface area contributed by atoms with E-state index in [0.29, 0.717) is 0 Å². The van der Waals surface area contributed by atoms with Crippen LogP contribution in [0.5, 0.6) is 0 Å². The summed E-state index contributed by atoms with van der Waals surface area (Å²) in [5, 5.41) is 0. The minimum Gasteiger partial charge on any atom is 1.00 e. The van der Waals surface area contributed by atoms with Crippen LogP contribution in [0, 0.1) is 5.92 Å². The third-order valence-electron chi connectivity index (χ3n) is 4.39. The number of rotatable bonds is 16. The van der Waals surface area contributed by atoms with Crippen LogP contribution in [0.1, 0.15) is 125 Å². The van der Waals surface area contributed by atoms with Crippen LogP contribution in [-0.2, 0) is 0 Å². The molecule has 0 saturated heterocycles. The number of hydrogen-bond donors (Lipinski definition) is 0. The minimum atomic E-state index is -11.2. The predicted octanol–water partition coefficient (Wildman–Crippen LogP) is 10.2. The quantitative estimate of drug-likeness (QED) is 0.108. The molecule has 7 heteroatoms. The molecule has 0 aliphatic carbocycles. The third-order valence-corrected chi connectivity index (χ3v) is 4.39. The molecule has 0 aliphatic rings. The van der Waals surface area contributed by atoms with E-state index in [1.807, 2.05) is 0 Å². The van der Waals surface area contributed by atoms with Gasteiger partial charge in [-0.1, -0.05) is 124 Å². The van der Waals surface area contributed by atoms with Gasteiger partial charge in [0.1, 0.15) is 0 Å². The molecular formula is C20H43F6Sb. The van der Waals surface area contributed by atoms with Crippen LogP contribution in [0.2, 0.25) is 0 Å². The Kier molecular flexibility index (Phi) is 15.8. The van der Waals surface area contributed by atoms with Crippen molar-refractivity contribution in [3.8, 4) is 0 Å². The molecule has 0 rings (SSSR count). The van der Waals surface area contributed by atoms with Crippen molar-refractivity contribution >= 4 is 19.5 Å². The van der Waals surface area contributed by atoms with E-state index in [1.54, 1.807) is 0 Å². The maximum atomic E-state index is 9.93. The van der Waals surface area contributed by atoms with Crippen molar-refractivity contribution in [3.05, 3.63) is 0 Å². The maximum Gasteiger partial charge on any atom is 1.00 e. The fourth-order valence-electron chi connectivity index (χ4n) is 2.92. The third kappa shape index (κ3) is 51.9. The molecule has 0 atom stereocenters. The van der Waals surface area contributed by atoms with Crippen LogP contribution in [0.4, 0.5) is 16.9 Å². The zero-order chi connectivity index (χ0) is 21.3. The maximum absolute atomic E-state index is 11.2. The Morgan fingerprint density at radius 2 is 0.741 bits per heavy atom. The predicted molar refractivity (Wildman–Crippen MR) is 108 cm³/mol. The van der Waals surface area contributed by atoms with Gasteiger partial charge in [-0.3, -0.25) is 0 Å². The monoisotopic (exact) mass is 518 g/mol. The Morgan fingerprint density at radius 3 is 0.963 bits per heavy atom. The van der Waals surface area contributed by atoms with Crippen molar-refractivity contribution in [2.24, 2.45) is 5.92 Å². The SMILES string of the molecule is CCCCCCCCCCCCCCCCCC(C)C.[F][Sb-]([F])([F])([F])([F])[F].[H+]. The first-order valence-electron chi connectivity index (χ1n) is 10.8. The molecule has 0 aromatic carbocycles. The topological polar surface area (TPSA) is 0 Å². The fraction of sp³-hybridized carbons (Fsp3) is 1.00. The van der Waals surface area contributed by atoms with Gasteiger partial charge in [0.05, 0.1) is 0 Å². The van der Waals surface area contributed by atoms with Gasteiger partial charge in [-0.05, 0) is 5.92 Å². The standard InChI is InChI=1S/C20H42.6FH.Sb/c1-4-5-6-7-8-9-10-11-12-13-14-15-16-17-18-19-20(2)3;;;;;;;/h20H,4-19H2,1-3H3;6*1H;/q;;;;;;;+5/p-5. The molecule has 0 aliphatic heterocycles. The Labute approximate surface area is 167 Å². The summed E-state index contributed by atoms with van der Waals surface area (Å²) in [6, 6.07) is 0. The second kappa shape index (κ2) is 14.4. The fourth-order valence-corrected chi connectivity index (χ4v) is 2.92. The van der Waals surface area contributed by atoms with Crippen LogP contribution in [0.3, 0.4) is 0 Å². The van der Waals surface area contributed by atoms with E-state index in [4.69, 9.17) is 0 Å².